The Morgan fingerprint density at radius 3 is 2.38 bits per heavy atom. The van der Waals surface area contributed by atoms with Crippen molar-refractivity contribution in [2.45, 2.75) is 10.9 Å². The molecule has 46 valence electrons. The summed E-state index contributed by atoms with van der Waals surface area (Å²) in [6.45, 7) is 0. The predicted molar refractivity (Wildman–Crippen MR) is 38.1 cm³/mol. The second-order valence-corrected chi connectivity index (χ2v) is 3.07. The fourth-order valence-corrected chi connectivity index (χ4v) is 0.638. The van der Waals surface area contributed by atoms with Gasteiger partial charge in [0.2, 0.25) is 0 Å². The van der Waals surface area contributed by atoms with Gasteiger partial charge in [-0.3, -0.25) is 0 Å². The van der Waals surface area contributed by atoms with Crippen LogP contribution in [-0.2, 0) is 0 Å². The maximum absolute atomic E-state index is 8.69. The Labute approximate surface area is 64.8 Å². The molecule has 0 aromatic rings. The van der Waals surface area contributed by atoms with Crippen molar-refractivity contribution in [1.29, 1.82) is 5.26 Å². The Morgan fingerprint density at radius 1 is 1.75 bits per heavy atom. The van der Waals surface area contributed by atoms with E-state index in [2.05, 4.69) is 31.9 Å². The Balaban J connectivity index is 3.49. The van der Waals surface area contributed by atoms with E-state index >= 15 is 0 Å². The van der Waals surface area contributed by atoms with Gasteiger partial charge >= 0.3 is 0 Å². The average molecular weight is 243 g/mol. The van der Waals surface area contributed by atoms with Crippen LogP contribution in [0.2, 0.25) is 0 Å². The van der Waals surface area contributed by atoms with Crippen LogP contribution in [0.15, 0.2) is 0 Å². The van der Waals surface area contributed by atoms with Gasteiger partial charge in [0.15, 0.2) is 6.10 Å². The van der Waals surface area contributed by atoms with Gasteiger partial charge in [-0.15, -0.1) is 0 Å². The van der Waals surface area contributed by atoms with E-state index in [9.17, 15) is 0 Å². The lowest BCUT2D eigenvalue weighted by Crippen LogP contribution is -2.18. The Hall–Kier alpha value is 0.410. The minimum atomic E-state index is -0.908. The molecular weight excluding hydrogens is 238 g/mol. The molecular formula is C4H5Br2NO. The summed E-state index contributed by atoms with van der Waals surface area (Å²) in [5.74, 6) is 0. The summed E-state index contributed by atoms with van der Waals surface area (Å²) in [7, 11) is 0. The first kappa shape index (κ1) is 8.41. The number of nitrogens with zero attached hydrogens (tertiary/aromatic N) is 1. The summed E-state index contributed by atoms with van der Waals surface area (Å²) >= 11 is 6.18. The van der Waals surface area contributed by atoms with Gasteiger partial charge < -0.3 is 5.11 Å². The van der Waals surface area contributed by atoms with Gasteiger partial charge in [0.1, 0.15) is 0 Å². The molecule has 0 bridgehead atoms. The molecule has 0 spiro atoms. The zero-order valence-corrected chi connectivity index (χ0v) is 7.18. The van der Waals surface area contributed by atoms with Gasteiger partial charge in [-0.2, -0.15) is 5.26 Å². The molecule has 0 unspecified atom stereocenters. The minimum Gasteiger partial charge on any atom is -0.377 e. The van der Waals surface area contributed by atoms with Gasteiger partial charge in [0.25, 0.3) is 0 Å². The number of alkyl halides is 2. The third kappa shape index (κ3) is 2.65. The van der Waals surface area contributed by atoms with E-state index in [4.69, 9.17) is 10.4 Å². The highest BCUT2D eigenvalue weighted by atomic mass is 79.9. The van der Waals surface area contributed by atoms with E-state index < -0.39 is 6.10 Å². The lowest BCUT2D eigenvalue weighted by atomic mass is 10.3. The van der Waals surface area contributed by atoms with Crippen LogP contribution in [-0.4, -0.2) is 21.4 Å². The summed E-state index contributed by atoms with van der Waals surface area (Å²) in [5, 5.41) is 17.4. The normalized spacial score (nSPS) is 16.8. The third-order valence-corrected chi connectivity index (χ3v) is 3.01. The number of aliphatic hydroxyl groups is 1. The number of rotatable bonds is 2. The van der Waals surface area contributed by atoms with E-state index in [0.29, 0.717) is 5.33 Å². The van der Waals surface area contributed by atoms with E-state index in [1.165, 1.54) is 0 Å². The molecule has 1 N–H and O–H groups in total. The Bertz CT molecular complexity index is 101. The first-order chi connectivity index (χ1) is 3.72. The van der Waals surface area contributed by atoms with Gasteiger partial charge in [-0.25, -0.2) is 0 Å². The summed E-state index contributed by atoms with van der Waals surface area (Å²) in [4.78, 5) is -0.160. The van der Waals surface area contributed by atoms with Gasteiger partial charge in [0.05, 0.1) is 10.9 Å². The quantitative estimate of drug-likeness (QED) is 0.581. The van der Waals surface area contributed by atoms with Gasteiger partial charge in [-0.05, 0) is 0 Å². The Morgan fingerprint density at radius 2 is 2.25 bits per heavy atom. The molecule has 2 nitrogen and oxygen atoms in total. The first-order valence-electron chi connectivity index (χ1n) is 2.00. The Kier molecular flexibility index (Phi) is 4.53. The molecule has 0 aromatic carbocycles. The monoisotopic (exact) mass is 241 g/mol. The number of nitriles is 1. The topological polar surface area (TPSA) is 44.0 Å². The molecule has 0 radical (unpaired) electrons. The van der Waals surface area contributed by atoms with Crippen molar-refractivity contribution in [2.75, 3.05) is 5.33 Å². The molecule has 0 aliphatic rings. The van der Waals surface area contributed by atoms with Crippen molar-refractivity contribution < 1.29 is 5.11 Å². The molecule has 0 saturated carbocycles. The molecule has 0 aromatic heterocycles. The largest absolute Gasteiger partial charge is 0.377 e. The lowest BCUT2D eigenvalue weighted by molar-refractivity contribution is 0.235. The fourth-order valence-electron chi connectivity index (χ4n) is 0.165. The second-order valence-electron chi connectivity index (χ2n) is 1.24. The van der Waals surface area contributed by atoms with E-state index in [0.717, 1.165) is 0 Å². The van der Waals surface area contributed by atoms with Crippen LogP contribution < -0.4 is 0 Å². The second kappa shape index (κ2) is 4.30. The highest BCUT2D eigenvalue weighted by molar-refractivity contribution is 9.12. The molecule has 4 heteroatoms. The number of halogens is 2. The van der Waals surface area contributed by atoms with Gasteiger partial charge in [0, 0.05) is 5.33 Å². The standard InChI is InChI=1S/C4H5Br2NO/c5-1-3(6)4(8)2-7/h3-4,8H,1H2/t3-,4+/m0/s1. The summed E-state index contributed by atoms with van der Waals surface area (Å²) in [6.07, 6.45) is -0.908. The van der Waals surface area contributed by atoms with Crippen LogP contribution in [0, 0.1) is 11.3 Å². The zero-order chi connectivity index (χ0) is 6.57. The lowest BCUT2D eigenvalue weighted by Gasteiger charge is -2.03. The molecule has 0 heterocycles. The van der Waals surface area contributed by atoms with Crippen molar-refractivity contribution in [3.8, 4) is 6.07 Å². The summed E-state index contributed by atoms with van der Waals surface area (Å²) in [5.41, 5.74) is 0. The van der Waals surface area contributed by atoms with Crippen LogP contribution in [0.4, 0.5) is 0 Å². The minimum absolute atomic E-state index is 0.160. The van der Waals surface area contributed by atoms with Crippen molar-refractivity contribution >= 4 is 31.9 Å². The molecule has 2 atom stereocenters. The highest BCUT2D eigenvalue weighted by Crippen LogP contribution is 2.07. The maximum Gasteiger partial charge on any atom is 0.153 e. The third-order valence-electron chi connectivity index (χ3n) is 0.622. The van der Waals surface area contributed by atoms with Crippen LogP contribution >= 0.6 is 31.9 Å². The molecule has 0 saturated heterocycles. The molecule has 0 rings (SSSR count). The average Bonchev–Trinajstić information content (AvgIpc) is 1.84. The smallest absolute Gasteiger partial charge is 0.153 e. The SMILES string of the molecule is N#C[C@@H](O)[C@@H](Br)CBr. The number of hydrogen-bond donors (Lipinski definition) is 1. The fraction of sp³-hybridized carbons (Fsp3) is 0.750. The van der Waals surface area contributed by atoms with Crippen LogP contribution in [0.1, 0.15) is 0 Å². The van der Waals surface area contributed by atoms with E-state index in [1.807, 2.05) is 0 Å². The zero-order valence-electron chi connectivity index (χ0n) is 4.01. The first-order valence-corrected chi connectivity index (χ1v) is 4.03. The molecule has 8 heavy (non-hydrogen) atoms. The molecule has 0 aliphatic carbocycles. The van der Waals surface area contributed by atoms with Crippen molar-refractivity contribution in [1.82, 2.24) is 0 Å². The van der Waals surface area contributed by atoms with Crippen LogP contribution in [0.5, 0.6) is 0 Å². The van der Waals surface area contributed by atoms with Crippen molar-refractivity contribution in [2.24, 2.45) is 0 Å². The van der Waals surface area contributed by atoms with E-state index in [1.54, 1.807) is 6.07 Å². The molecule has 0 fully saturated rings. The van der Waals surface area contributed by atoms with Crippen molar-refractivity contribution in [3.05, 3.63) is 0 Å². The van der Waals surface area contributed by atoms with Crippen molar-refractivity contribution in [3.63, 3.8) is 0 Å². The van der Waals surface area contributed by atoms with Crippen LogP contribution in [0.25, 0.3) is 0 Å². The van der Waals surface area contributed by atoms with E-state index in [-0.39, 0.29) is 4.83 Å². The maximum atomic E-state index is 8.69. The molecule has 0 amide bonds. The molecule has 0 aliphatic heterocycles. The van der Waals surface area contributed by atoms with Crippen LogP contribution in [0.3, 0.4) is 0 Å². The van der Waals surface area contributed by atoms with Gasteiger partial charge in [-0.1, -0.05) is 31.9 Å². The number of hydrogen-bond acceptors (Lipinski definition) is 2. The summed E-state index contributed by atoms with van der Waals surface area (Å²) < 4.78 is 0. The summed E-state index contributed by atoms with van der Waals surface area (Å²) in [6, 6.07) is 1.69. The predicted octanol–water partition coefficient (Wildman–Crippen LogP) is 1.03. The highest BCUT2D eigenvalue weighted by Gasteiger charge is 2.11. The number of aliphatic hydroxyl groups excluding tert-OH is 1.